The monoisotopic (exact) mass is 471 g/mol. The second-order valence-corrected chi connectivity index (χ2v) is 8.66. The Kier molecular flexibility index (Phi) is 6.33. The van der Waals surface area contributed by atoms with Gasteiger partial charge in [-0.1, -0.05) is 127 Å². The summed E-state index contributed by atoms with van der Waals surface area (Å²) < 4.78 is 6.91. The second kappa shape index (κ2) is 9.88. The molecule has 0 spiro atoms. The topological polar surface area (TPSA) is 52.4 Å². The molecule has 5 aromatic carbocycles. The summed E-state index contributed by atoms with van der Waals surface area (Å²) >= 11 is 0. The Hall–Kier alpha value is -4.70. The van der Waals surface area contributed by atoms with Gasteiger partial charge >= 0.3 is 5.69 Å². The largest absolute Gasteiger partial charge is 0.466 e. The number of benzene rings is 5. The lowest BCUT2D eigenvalue weighted by atomic mass is 9.79. The van der Waals surface area contributed by atoms with Crippen molar-refractivity contribution in [3.05, 3.63) is 166 Å². The summed E-state index contributed by atoms with van der Waals surface area (Å²) in [7, 11) is 0. The van der Waals surface area contributed by atoms with E-state index in [1.807, 2.05) is 122 Å². The van der Waals surface area contributed by atoms with Gasteiger partial charge in [-0.25, -0.2) is 0 Å². The van der Waals surface area contributed by atoms with Crippen molar-refractivity contribution >= 4 is 5.69 Å². The maximum Gasteiger partial charge on any atom is 0.318 e. The molecule has 0 heterocycles. The van der Waals surface area contributed by atoms with E-state index in [2.05, 4.69) is 0 Å². The SMILES string of the molecule is Cc1ccc(C(Oc2cccc(-c3ccccc3)c2[N+](=O)[O-])(c2ccccc2)c2ccccc2)cc1. The lowest BCUT2D eigenvalue weighted by Crippen LogP contribution is -2.36. The summed E-state index contributed by atoms with van der Waals surface area (Å²) in [4.78, 5) is 12.1. The van der Waals surface area contributed by atoms with Gasteiger partial charge in [0.1, 0.15) is 0 Å². The quantitative estimate of drug-likeness (QED) is 0.137. The summed E-state index contributed by atoms with van der Waals surface area (Å²) in [6.45, 7) is 2.03. The van der Waals surface area contributed by atoms with Gasteiger partial charge in [-0.05, 0) is 24.6 Å². The van der Waals surface area contributed by atoms with Gasteiger partial charge in [0.05, 0.1) is 10.5 Å². The minimum Gasteiger partial charge on any atom is -0.466 e. The molecule has 0 saturated carbocycles. The van der Waals surface area contributed by atoms with Crippen LogP contribution in [0.1, 0.15) is 22.3 Å². The molecule has 0 radical (unpaired) electrons. The fourth-order valence-corrected chi connectivity index (χ4v) is 4.62. The molecular formula is C32H25NO3. The summed E-state index contributed by atoms with van der Waals surface area (Å²) in [6.07, 6.45) is 0. The Morgan fingerprint density at radius 1 is 0.611 bits per heavy atom. The molecule has 0 atom stereocenters. The van der Waals surface area contributed by atoms with Gasteiger partial charge in [0.2, 0.25) is 0 Å². The highest BCUT2D eigenvalue weighted by molar-refractivity contribution is 5.77. The first-order chi connectivity index (χ1) is 17.6. The zero-order valence-corrected chi connectivity index (χ0v) is 19.9. The van der Waals surface area contributed by atoms with E-state index in [1.165, 1.54) is 0 Å². The first-order valence-electron chi connectivity index (χ1n) is 11.8. The molecule has 0 aliphatic heterocycles. The van der Waals surface area contributed by atoms with E-state index < -0.39 is 5.60 Å². The molecule has 0 amide bonds. The Balaban J connectivity index is 1.80. The van der Waals surface area contributed by atoms with E-state index in [0.717, 1.165) is 27.8 Å². The highest BCUT2D eigenvalue weighted by Gasteiger charge is 2.41. The van der Waals surface area contributed by atoms with Gasteiger partial charge in [-0.3, -0.25) is 10.1 Å². The van der Waals surface area contributed by atoms with E-state index in [9.17, 15) is 10.1 Å². The van der Waals surface area contributed by atoms with Crippen molar-refractivity contribution in [3.63, 3.8) is 0 Å². The lowest BCUT2D eigenvalue weighted by Gasteiger charge is -2.36. The standard InChI is InChI=1S/C32H25NO3/c1-24-20-22-28(23-21-24)32(26-14-7-3-8-15-26,27-16-9-4-10-17-27)36-30-19-11-18-29(31(30)33(34)35)25-12-5-2-6-13-25/h2-23H,1H3. The van der Waals surface area contributed by atoms with Gasteiger partial charge in [0.25, 0.3) is 0 Å². The van der Waals surface area contributed by atoms with Gasteiger partial charge in [-0.15, -0.1) is 0 Å². The van der Waals surface area contributed by atoms with E-state index in [-0.39, 0.29) is 16.4 Å². The van der Waals surface area contributed by atoms with Gasteiger partial charge in [0.15, 0.2) is 11.4 Å². The van der Waals surface area contributed by atoms with Gasteiger partial charge in [0, 0.05) is 16.7 Å². The van der Waals surface area contributed by atoms with Crippen LogP contribution in [0, 0.1) is 17.0 Å². The Bertz CT molecular complexity index is 1430. The van der Waals surface area contributed by atoms with Crippen molar-refractivity contribution in [3.8, 4) is 16.9 Å². The molecule has 176 valence electrons. The lowest BCUT2D eigenvalue weighted by molar-refractivity contribution is -0.385. The normalized spacial score (nSPS) is 11.1. The van der Waals surface area contributed by atoms with Crippen LogP contribution in [0.4, 0.5) is 5.69 Å². The number of hydrogen-bond acceptors (Lipinski definition) is 3. The molecule has 4 heteroatoms. The van der Waals surface area contributed by atoms with Crippen LogP contribution in [-0.4, -0.2) is 4.92 Å². The molecule has 0 N–H and O–H groups in total. The molecule has 4 nitrogen and oxygen atoms in total. The number of nitro groups is 1. The van der Waals surface area contributed by atoms with Crippen molar-refractivity contribution in [2.45, 2.75) is 12.5 Å². The number of nitrogens with zero attached hydrogens (tertiary/aromatic N) is 1. The fraction of sp³-hybridized carbons (Fsp3) is 0.0625. The zero-order valence-electron chi connectivity index (χ0n) is 19.9. The minimum absolute atomic E-state index is 0.0629. The van der Waals surface area contributed by atoms with Gasteiger partial charge in [-0.2, -0.15) is 0 Å². The number of hydrogen-bond donors (Lipinski definition) is 0. The molecular weight excluding hydrogens is 446 g/mol. The van der Waals surface area contributed by atoms with E-state index in [0.29, 0.717) is 5.56 Å². The minimum atomic E-state index is -1.11. The number of nitro benzene ring substituents is 1. The summed E-state index contributed by atoms with van der Waals surface area (Å²) in [5.74, 6) is 0.203. The molecule has 5 rings (SSSR count). The van der Waals surface area contributed by atoms with E-state index >= 15 is 0 Å². The molecule has 0 bridgehead atoms. The predicted molar refractivity (Wildman–Crippen MR) is 143 cm³/mol. The first kappa shape index (κ1) is 23.1. The summed E-state index contributed by atoms with van der Waals surface area (Å²) in [5.41, 5.74) is 3.84. The van der Waals surface area contributed by atoms with Crippen LogP contribution >= 0.6 is 0 Å². The predicted octanol–water partition coefficient (Wildman–Crippen LogP) is 7.94. The molecule has 0 aromatic heterocycles. The maximum absolute atomic E-state index is 12.5. The number of ether oxygens (including phenoxy) is 1. The van der Waals surface area contributed by atoms with Crippen LogP contribution in [0.3, 0.4) is 0 Å². The number of aryl methyl sites for hydroxylation is 1. The van der Waals surface area contributed by atoms with Crippen LogP contribution < -0.4 is 4.74 Å². The van der Waals surface area contributed by atoms with Crippen molar-refractivity contribution in [2.24, 2.45) is 0 Å². The molecule has 0 aliphatic rings. The molecule has 0 saturated heterocycles. The van der Waals surface area contributed by atoms with Crippen LogP contribution in [0.25, 0.3) is 11.1 Å². The molecule has 0 aliphatic carbocycles. The van der Waals surface area contributed by atoms with Gasteiger partial charge < -0.3 is 4.74 Å². The Morgan fingerprint density at radius 3 is 1.64 bits per heavy atom. The smallest absolute Gasteiger partial charge is 0.318 e. The maximum atomic E-state index is 12.5. The van der Waals surface area contributed by atoms with Crippen LogP contribution in [0.15, 0.2) is 133 Å². The van der Waals surface area contributed by atoms with Crippen molar-refractivity contribution in [2.75, 3.05) is 0 Å². The summed E-state index contributed by atoms with van der Waals surface area (Å²) in [5, 5.41) is 12.5. The zero-order chi connectivity index (χ0) is 25.0. The first-order valence-corrected chi connectivity index (χ1v) is 11.8. The summed E-state index contributed by atoms with van der Waals surface area (Å²) in [6, 6.07) is 42.5. The van der Waals surface area contributed by atoms with Crippen molar-refractivity contribution in [1.82, 2.24) is 0 Å². The molecule has 5 aromatic rings. The third-order valence-electron chi connectivity index (χ3n) is 6.35. The molecule has 0 fully saturated rings. The second-order valence-electron chi connectivity index (χ2n) is 8.66. The average molecular weight is 472 g/mol. The molecule has 0 unspecified atom stereocenters. The van der Waals surface area contributed by atoms with Crippen LogP contribution in [0.5, 0.6) is 5.75 Å². The average Bonchev–Trinajstić information content (AvgIpc) is 2.93. The van der Waals surface area contributed by atoms with Crippen molar-refractivity contribution < 1.29 is 9.66 Å². The van der Waals surface area contributed by atoms with Crippen LogP contribution in [0.2, 0.25) is 0 Å². The highest BCUT2D eigenvalue weighted by Crippen LogP contribution is 2.46. The highest BCUT2D eigenvalue weighted by atomic mass is 16.6. The van der Waals surface area contributed by atoms with Crippen LogP contribution in [-0.2, 0) is 5.60 Å². The van der Waals surface area contributed by atoms with E-state index in [1.54, 1.807) is 18.2 Å². The van der Waals surface area contributed by atoms with E-state index in [4.69, 9.17) is 4.74 Å². The Morgan fingerprint density at radius 2 is 1.11 bits per heavy atom. The Labute approximate surface area is 210 Å². The molecule has 36 heavy (non-hydrogen) atoms. The third kappa shape index (κ3) is 4.25. The number of para-hydroxylation sites is 1. The fourth-order valence-electron chi connectivity index (χ4n) is 4.62. The van der Waals surface area contributed by atoms with Crippen molar-refractivity contribution in [1.29, 1.82) is 0 Å². The number of rotatable bonds is 7. The third-order valence-corrected chi connectivity index (χ3v) is 6.35.